The molecule has 0 spiro atoms. The molecule has 1 N–H and O–H groups in total. The summed E-state index contributed by atoms with van der Waals surface area (Å²) in [6, 6.07) is 5.34. The molecule has 7 nitrogen and oxygen atoms in total. The molecular weight excluding hydrogens is 411 g/mol. The molecule has 0 atom stereocenters. The van der Waals surface area contributed by atoms with Crippen LogP contribution in [0.15, 0.2) is 35.0 Å². The molecule has 3 aromatic rings. The third-order valence-corrected chi connectivity index (χ3v) is 4.61. The average Bonchev–Trinajstić information content (AvgIpc) is 3.17. The second-order valence-electron chi connectivity index (χ2n) is 7.29. The number of anilines is 1. The molecule has 2 aromatic heterocycles. The smallest absolute Gasteiger partial charge is 0.338 e. The summed E-state index contributed by atoms with van der Waals surface area (Å²) in [5.41, 5.74) is 0.410. The van der Waals surface area contributed by atoms with Crippen LogP contribution in [0.5, 0.6) is 0 Å². The van der Waals surface area contributed by atoms with Gasteiger partial charge in [-0.25, -0.2) is 14.2 Å². The van der Waals surface area contributed by atoms with E-state index in [4.69, 9.17) is 21.2 Å². The summed E-state index contributed by atoms with van der Waals surface area (Å²) in [6.07, 6.45) is 2.58. The first-order valence-corrected chi connectivity index (χ1v) is 9.95. The number of aromatic carboxylic acids is 1. The van der Waals surface area contributed by atoms with Crippen LogP contribution >= 0.6 is 11.6 Å². The zero-order valence-corrected chi connectivity index (χ0v) is 17.6. The number of hydrogen-bond donors (Lipinski definition) is 1. The minimum absolute atomic E-state index is 0.133. The molecule has 0 aliphatic rings. The second kappa shape index (κ2) is 9.21. The van der Waals surface area contributed by atoms with Gasteiger partial charge in [-0.3, -0.25) is 0 Å². The molecule has 0 bridgehead atoms. The lowest BCUT2D eigenvalue weighted by Crippen LogP contribution is -2.29. The molecule has 3 rings (SSSR count). The van der Waals surface area contributed by atoms with Gasteiger partial charge in [0, 0.05) is 24.8 Å². The highest BCUT2D eigenvalue weighted by Gasteiger charge is 2.18. The Morgan fingerprint density at radius 3 is 2.67 bits per heavy atom. The molecule has 0 aliphatic carbocycles. The lowest BCUT2D eigenvalue weighted by atomic mass is 10.1. The molecular formula is C21H22ClFN4O3. The predicted molar refractivity (Wildman–Crippen MR) is 112 cm³/mol. The largest absolute Gasteiger partial charge is 0.478 e. The van der Waals surface area contributed by atoms with E-state index in [0.717, 1.165) is 31.6 Å². The van der Waals surface area contributed by atoms with E-state index >= 15 is 0 Å². The van der Waals surface area contributed by atoms with Crippen LogP contribution in [0, 0.1) is 11.7 Å². The molecule has 1 aromatic carbocycles. The maximum atomic E-state index is 13.9. The van der Waals surface area contributed by atoms with Gasteiger partial charge < -0.3 is 14.5 Å². The number of rotatable bonds is 8. The number of aromatic nitrogens is 3. The van der Waals surface area contributed by atoms with Crippen LogP contribution in [0.1, 0.15) is 37.6 Å². The number of hydrogen-bond acceptors (Lipinski definition) is 6. The van der Waals surface area contributed by atoms with Gasteiger partial charge in [0.05, 0.1) is 16.1 Å². The van der Waals surface area contributed by atoms with Gasteiger partial charge in [0.25, 0.3) is 5.89 Å². The summed E-state index contributed by atoms with van der Waals surface area (Å²) in [7, 11) is 0. The van der Waals surface area contributed by atoms with Crippen LogP contribution in [0.4, 0.5) is 10.2 Å². The van der Waals surface area contributed by atoms with Crippen LogP contribution in [0.25, 0.3) is 22.8 Å². The van der Waals surface area contributed by atoms with E-state index < -0.39 is 17.3 Å². The Bertz CT molecular complexity index is 1050. The van der Waals surface area contributed by atoms with Crippen molar-refractivity contribution in [3.63, 3.8) is 0 Å². The topological polar surface area (TPSA) is 92.4 Å². The molecule has 0 saturated heterocycles. The van der Waals surface area contributed by atoms with Crippen LogP contribution in [0.3, 0.4) is 0 Å². The zero-order valence-electron chi connectivity index (χ0n) is 16.9. The van der Waals surface area contributed by atoms with Crippen LogP contribution in [0.2, 0.25) is 5.02 Å². The van der Waals surface area contributed by atoms with Crippen molar-refractivity contribution < 1.29 is 18.8 Å². The summed E-state index contributed by atoms with van der Waals surface area (Å²) in [5, 5.41) is 13.3. The van der Waals surface area contributed by atoms with E-state index in [1.807, 2.05) is 0 Å². The predicted octanol–water partition coefficient (Wildman–Crippen LogP) is 5.16. The summed E-state index contributed by atoms with van der Waals surface area (Å²) >= 11 is 6.49. The lowest BCUT2D eigenvalue weighted by molar-refractivity contribution is 0.0692. The number of nitrogens with zero attached hydrogens (tertiary/aromatic N) is 4. The van der Waals surface area contributed by atoms with Crippen molar-refractivity contribution in [3.05, 3.63) is 46.9 Å². The number of carboxylic acid groups (broad SMARTS) is 1. The number of benzene rings is 1. The van der Waals surface area contributed by atoms with Crippen molar-refractivity contribution >= 4 is 23.4 Å². The van der Waals surface area contributed by atoms with Crippen LogP contribution in [-0.4, -0.2) is 39.3 Å². The fraction of sp³-hybridized carbons (Fsp3) is 0.333. The van der Waals surface area contributed by atoms with Gasteiger partial charge >= 0.3 is 5.97 Å². The fourth-order valence-electron chi connectivity index (χ4n) is 3.06. The molecule has 30 heavy (non-hydrogen) atoms. The van der Waals surface area contributed by atoms with Gasteiger partial charge in [-0.1, -0.05) is 37.5 Å². The number of halogens is 2. The number of pyridine rings is 1. The Labute approximate surface area is 178 Å². The van der Waals surface area contributed by atoms with Crippen molar-refractivity contribution in [2.24, 2.45) is 5.92 Å². The van der Waals surface area contributed by atoms with Crippen LogP contribution in [-0.2, 0) is 0 Å². The first kappa shape index (κ1) is 21.7. The van der Waals surface area contributed by atoms with Crippen molar-refractivity contribution in [1.82, 2.24) is 15.1 Å². The van der Waals surface area contributed by atoms with Gasteiger partial charge in [0.2, 0.25) is 5.82 Å². The van der Waals surface area contributed by atoms with E-state index in [-0.39, 0.29) is 11.7 Å². The lowest BCUT2D eigenvalue weighted by Gasteiger charge is -2.26. The Morgan fingerprint density at radius 2 is 2.07 bits per heavy atom. The molecule has 2 heterocycles. The van der Waals surface area contributed by atoms with Crippen molar-refractivity contribution in [2.45, 2.75) is 27.2 Å². The highest BCUT2D eigenvalue weighted by molar-refractivity contribution is 6.33. The van der Waals surface area contributed by atoms with Crippen molar-refractivity contribution in [3.8, 4) is 22.8 Å². The second-order valence-corrected chi connectivity index (χ2v) is 7.70. The summed E-state index contributed by atoms with van der Waals surface area (Å²) in [6.45, 7) is 8.05. The quantitative estimate of drug-likeness (QED) is 0.525. The average molecular weight is 433 g/mol. The Hall–Kier alpha value is -3.00. The molecule has 0 radical (unpaired) electrons. The molecule has 9 heteroatoms. The van der Waals surface area contributed by atoms with Crippen molar-refractivity contribution in [1.29, 1.82) is 0 Å². The number of carbonyl (C=O) groups is 1. The third kappa shape index (κ3) is 4.76. The van der Waals surface area contributed by atoms with Crippen LogP contribution < -0.4 is 4.90 Å². The Kier molecular flexibility index (Phi) is 6.66. The summed E-state index contributed by atoms with van der Waals surface area (Å²) < 4.78 is 19.2. The molecule has 0 amide bonds. The SMILES string of the molecule is CCCN(CC(C)C)c1ncc(-c2nc(-c3ccc(C(=O)O)c(F)c3)no2)cc1Cl. The summed E-state index contributed by atoms with van der Waals surface area (Å²) in [4.78, 5) is 21.9. The van der Waals surface area contributed by atoms with Crippen molar-refractivity contribution in [2.75, 3.05) is 18.0 Å². The molecule has 0 saturated carbocycles. The molecule has 158 valence electrons. The van der Waals surface area contributed by atoms with Gasteiger partial charge in [-0.2, -0.15) is 4.98 Å². The minimum atomic E-state index is -1.34. The summed E-state index contributed by atoms with van der Waals surface area (Å²) in [5.74, 6) is -0.750. The standard InChI is InChI=1S/C21H22ClFN4O3/c1-4-7-27(11-12(2)3)19-16(22)8-14(10-24-19)20-25-18(26-30-20)13-5-6-15(21(28)29)17(23)9-13/h5-6,8-10,12H,4,7,11H2,1-3H3,(H,28,29). The van der Waals surface area contributed by atoms with Gasteiger partial charge in [0.15, 0.2) is 0 Å². The molecule has 0 unspecified atom stereocenters. The maximum Gasteiger partial charge on any atom is 0.338 e. The molecule has 0 aliphatic heterocycles. The monoisotopic (exact) mass is 432 g/mol. The highest BCUT2D eigenvalue weighted by atomic mass is 35.5. The van der Waals surface area contributed by atoms with Gasteiger partial charge in [-0.05, 0) is 36.6 Å². The Morgan fingerprint density at radius 1 is 1.30 bits per heavy atom. The number of carboxylic acids is 1. The zero-order chi connectivity index (χ0) is 21.8. The highest BCUT2D eigenvalue weighted by Crippen LogP contribution is 2.30. The molecule has 0 fully saturated rings. The Balaban J connectivity index is 1.87. The normalized spacial score (nSPS) is 11.1. The first-order valence-electron chi connectivity index (χ1n) is 9.58. The maximum absolute atomic E-state index is 13.9. The minimum Gasteiger partial charge on any atom is -0.478 e. The van der Waals surface area contributed by atoms with E-state index in [0.29, 0.717) is 27.9 Å². The first-order chi connectivity index (χ1) is 14.3. The van der Waals surface area contributed by atoms with Gasteiger partial charge in [0.1, 0.15) is 11.6 Å². The fourth-order valence-corrected chi connectivity index (χ4v) is 3.35. The van der Waals surface area contributed by atoms with E-state index in [9.17, 15) is 9.18 Å². The van der Waals surface area contributed by atoms with E-state index in [1.54, 1.807) is 12.3 Å². The van der Waals surface area contributed by atoms with Gasteiger partial charge in [-0.15, -0.1) is 0 Å². The van der Waals surface area contributed by atoms with E-state index in [1.165, 1.54) is 6.07 Å². The third-order valence-electron chi connectivity index (χ3n) is 4.33. The van der Waals surface area contributed by atoms with E-state index in [2.05, 4.69) is 40.8 Å².